The SMILES string of the molecule is O=C(Oc1ccc([C@H](CNCCc2cccc(CNC3C[C@@H]3c3ccccc3)c2)OC(=O)C(F)(F)F)c2sc(=O)[nH]c12)C(F)(F)F. The molecule has 0 aliphatic heterocycles. The van der Waals surface area contributed by atoms with Gasteiger partial charge in [-0.25, -0.2) is 9.59 Å². The van der Waals surface area contributed by atoms with E-state index in [2.05, 4.69) is 32.5 Å². The molecule has 0 bridgehead atoms. The van der Waals surface area contributed by atoms with Crippen LogP contribution in [0.15, 0.2) is 71.5 Å². The van der Waals surface area contributed by atoms with Crippen molar-refractivity contribution in [3.05, 3.63) is 98.7 Å². The van der Waals surface area contributed by atoms with E-state index in [1.165, 1.54) is 5.56 Å². The molecule has 3 atom stereocenters. The number of carbonyl (C=O) groups excluding carboxylic acids is 2. The molecule has 4 aromatic rings. The Hall–Kier alpha value is -4.21. The maximum absolute atomic E-state index is 13.1. The van der Waals surface area contributed by atoms with Crippen LogP contribution in [0.3, 0.4) is 0 Å². The number of ether oxygens (including phenoxy) is 2. The molecular weight excluding hydrogens is 640 g/mol. The maximum Gasteiger partial charge on any atom is 0.491 e. The third-order valence-corrected chi connectivity index (χ3v) is 8.26. The second-order valence-corrected chi connectivity index (χ2v) is 11.6. The molecule has 15 heteroatoms. The molecule has 1 saturated carbocycles. The van der Waals surface area contributed by atoms with Crippen molar-refractivity contribution in [2.45, 2.75) is 49.8 Å². The molecule has 3 N–H and O–H groups in total. The molecule has 8 nitrogen and oxygen atoms in total. The highest BCUT2D eigenvalue weighted by Gasteiger charge is 2.44. The minimum atomic E-state index is -5.34. The molecule has 46 heavy (non-hydrogen) atoms. The first-order valence-corrected chi connectivity index (χ1v) is 14.9. The van der Waals surface area contributed by atoms with Crippen molar-refractivity contribution in [3.63, 3.8) is 0 Å². The monoisotopic (exact) mass is 667 g/mol. The molecule has 3 aromatic carbocycles. The lowest BCUT2D eigenvalue weighted by molar-refractivity contribution is -0.205. The molecule has 5 rings (SSSR count). The predicted octanol–water partition coefficient (Wildman–Crippen LogP) is 5.68. The number of thiazole rings is 1. The first-order valence-electron chi connectivity index (χ1n) is 14.1. The molecule has 0 saturated heterocycles. The summed E-state index contributed by atoms with van der Waals surface area (Å²) in [5, 5.41) is 6.51. The highest BCUT2D eigenvalue weighted by atomic mass is 32.1. The molecule has 0 amide bonds. The normalized spacial score (nSPS) is 17.1. The van der Waals surface area contributed by atoms with Gasteiger partial charge in [0.2, 0.25) is 0 Å². The van der Waals surface area contributed by atoms with Gasteiger partial charge in [-0.3, -0.25) is 4.79 Å². The number of esters is 2. The quantitative estimate of drug-likeness (QED) is 0.0772. The van der Waals surface area contributed by atoms with E-state index >= 15 is 0 Å². The number of nitrogens with one attached hydrogen (secondary N) is 3. The van der Waals surface area contributed by atoms with Gasteiger partial charge in [-0.2, -0.15) is 26.3 Å². The summed E-state index contributed by atoms with van der Waals surface area (Å²) < 4.78 is 86.5. The van der Waals surface area contributed by atoms with Crippen LogP contribution in [0.4, 0.5) is 26.3 Å². The molecule has 1 aliphatic carbocycles. The highest BCUT2D eigenvalue weighted by Crippen LogP contribution is 2.41. The Labute approximate surface area is 261 Å². The van der Waals surface area contributed by atoms with E-state index in [-0.39, 0.29) is 28.9 Å². The van der Waals surface area contributed by atoms with Gasteiger partial charge >= 0.3 is 29.2 Å². The van der Waals surface area contributed by atoms with Crippen molar-refractivity contribution in [1.29, 1.82) is 0 Å². The molecule has 1 aromatic heterocycles. The summed E-state index contributed by atoms with van der Waals surface area (Å²) in [6, 6.07) is 20.4. The Morgan fingerprint density at radius 2 is 1.65 bits per heavy atom. The Balaban J connectivity index is 1.23. The van der Waals surface area contributed by atoms with Gasteiger partial charge in [0.1, 0.15) is 11.6 Å². The van der Waals surface area contributed by atoms with Crippen LogP contribution in [0.1, 0.15) is 40.7 Å². The minimum absolute atomic E-state index is 0.0998. The van der Waals surface area contributed by atoms with Crippen LogP contribution >= 0.6 is 11.3 Å². The summed E-state index contributed by atoms with van der Waals surface area (Å²) >= 11 is 0.448. The van der Waals surface area contributed by atoms with Crippen molar-refractivity contribution in [3.8, 4) is 5.75 Å². The smallest absolute Gasteiger partial charge is 0.449 e. The number of carbonyl (C=O) groups is 2. The van der Waals surface area contributed by atoms with Gasteiger partial charge in [-0.05, 0) is 48.2 Å². The van der Waals surface area contributed by atoms with Gasteiger partial charge in [0.05, 0.1) is 4.70 Å². The van der Waals surface area contributed by atoms with Crippen LogP contribution in [0.25, 0.3) is 10.2 Å². The summed E-state index contributed by atoms with van der Waals surface area (Å²) in [6.07, 6.45) is -10.7. The number of halogens is 6. The predicted molar refractivity (Wildman–Crippen MR) is 156 cm³/mol. The molecule has 0 spiro atoms. The maximum atomic E-state index is 13.1. The number of alkyl halides is 6. The van der Waals surface area contributed by atoms with E-state index in [4.69, 9.17) is 4.74 Å². The summed E-state index contributed by atoms with van der Waals surface area (Å²) in [6.45, 7) is 0.604. The Morgan fingerprint density at radius 1 is 0.935 bits per heavy atom. The molecule has 1 fully saturated rings. The third kappa shape index (κ3) is 8.33. The first-order chi connectivity index (χ1) is 21.8. The zero-order valence-electron chi connectivity index (χ0n) is 23.8. The zero-order chi connectivity index (χ0) is 33.1. The largest absolute Gasteiger partial charge is 0.491 e. The first kappa shape index (κ1) is 33.2. The van der Waals surface area contributed by atoms with Crippen LogP contribution in [0.5, 0.6) is 5.75 Å². The van der Waals surface area contributed by atoms with Crippen LogP contribution in [-0.4, -0.2) is 48.4 Å². The fourth-order valence-corrected chi connectivity index (χ4v) is 5.95. The van der Waals surface area contributed by atoms with Crippen molar-refractivity contribution in [1.82, 2.24) is 15.6 Å². The Morgan fingerprint density at radius 3 is 2.37 bits per heavy atom. The molecule has 0 radical (unpaired) electrons. The second kappa shape index (κ2) is 13.6. The number of H-pyrrole nitrogens is 1. The van der Waals surface area contributed by atoms with Crippen molar-refractivity contribution in [2.75, 3.05) is 13.1 Å². The van der Waals surface area contributed by atoms with Gasteiger partial charge in [-0.15, -0.1) is 0 Å². The standard InChI is InChI=1S/C31H27F6N3O5S/c32-30(33,34)27(41)44-23-10-9-20(26-25(23)40-29(43)46-26)24(45-28(42)31(35,36)37)16-38-12-11-17-5-4-6-18(13-17)15-39-22-14-21(22)19-7-2-1-3-8-19/h1-10,13,21-22,24,38-39H,11-12,14-16H2,(H,40,43)/t21-,22?,24+/m1/s1. The molecule has 1 unspecified atom stereocenters. The number of rotatable bonds is 12. The fourth-order valence-electron chi connectivity index (χ4n) is 5.04. The number of aromatic amines is 1. The van der Waals surface area contributed by atoms with Gasteiger partial charge < -0.3 is 25.1 Å². The lowest BCUT2D eigenvalue weighted by Crippen LogP contribution is -2.32. The highest BCUT2D eigenvalue weighted by molar-refractivity contribution is 7.16. The zero-order valence-corrected chi connectivity index (χ0v) is 24.7. The number of aromatic nitrogens is 1. The molecule has 1 heterocycles. The average molecular weight is 668 g/mol. The van der Waals surface area contributed by atoms with Gasteiger partial charge in [-0.1, -0.05) is 65.9 Å². The minimum Gasteiger partial charge on any atom is -0.449 e. The van der Waals surface area contributed by atoms with Gasteiger partial charge in [0.25, 0.3) is 0 Å². The van der Waals surface area contributed by atoms with E-state index in [0.29, 0.717) is 36.3 Å². The summed E-state index contributed by atoms with van der Waals surface area (Å²) in [4.78, 5) is 36.7. The van der Waals surface area contributed by atoms with Crippen LogP contribution in [-0.2, 0) is 27.3 Å². The Bertz CT molecular complexity index is 1760. The van der Waals surface area contributed by atoms with Crippen LogP contribution in [0, 0.1) is 0 Å². The lowest BCUT2D eigenvalue weighted by Gasteiger charge is -2.21. The van der Waals surface area contributed by atoms with Crippen LogP contribution in [0.2, 0.25) is 0 Å². The number of benzene rings is 3. The van der Waals surface area contributed by atoms with Crippen molar-refractivity contribution < 1.29 is 45.4 Å². The summed E-state index contributed by atoms with van der Waals surface area (Å²) in [5.74, 6) is -5.24. The topological polar surface area (TPSA) is 110 Å². The summed E-state index contributed by atoms with van der Waals surface area (Å²) in [7, 11) is 0. The van der Waals surface area contributed by atoms with Crippen LogP contribution < -0.4 is 20.2 Å². The van der Waals surface area contributed by atoms with E-state index in [0.717, 1.165) is 29.7 Å². The molecule has 1 aliphatic rings. The van der Waals surface area contributed by atoms with E-state index in [9.17, 15) is 40.7 Å². The third-order valence-electron chi connectivity index (χ3n) is 7.33. The molecule has 244 valence electrons. The number of fused-ring (bicyclic) bond motifs is 1. The van der Waals surface area contributed by atoms with Crippen molar-refractivity contribution >= 4 is 33.5 Å². The van der Waals surface area contributed by atoms with E-state index in [1.54, 1.807) is 0 Å². The number of hydrogen-bond donors (Lipinski definition) is 3. The van der Waals surface area contributed by atoms with E-state index < -0.39 is 41.0 Å². The average Bonchev–Trinajstić information content (AvgIpc) is 3.68. The fraction of sp³-hybridized carbons (Fsp3) is 0.323. The molecular formula is C31H27F6N3O5S. The lowest BCUT2D eigenvalue weighted by atomic mass is 10.1. The van der Waals surface area contributed by atoms with Gasteiger partial charge in [0, 0.05) is 30.6 Å². The summed E-state index contributed by atoms with van der Waals surface area (Å²) in [5.41, 5.74) is 2.85. The van der Waals surface area contributed by atoms with Crippen molar-refractivity contribution in [2.24, 2.45) is 0 Å². The Kier molecular flexibility index (Phi) is 9.84. The van der Waals surface area contributed by atoms with E-state index in [1.807, 2.05) is 42.5 Å². The second-order valence-electron chi connectivity index (χ2n) is 10.7. The van der Waals surface area contributed by atoms with Gasteiger partial charge in [0.15, 0.2) is 5.75 Å². The number of hydrogen-bond acceptors (Lipinski definition) is 8.